The Labute approximate surface area is 164 Å². The largest absolute Gasteiger partial charge is 0.573 e. The summed E-state index contributed by atoms with van der Waals surface area (Å²) >= 11 is 3.43. The standard InChI is InChI=1S/C18H20BrF3N2O3/c1-10-7-14(23-11(2)9-25-3)17(19)24-16(10)13-6-5-12(8-15(13)26-4)27-18(20,21)22/h5-8,11,23H,9H2,1-4H3/t11-/m0/s1. The Balaban J connectivity index is 2.38. The molecule has 1 aromatic carbocycles. The van der Waals surface area contributed by atoms with Gasteiger partial charge in [0.05, 0.1) is 25.1 Å². The van der Waals surface area contributed by atoms with Crippen molar-refractivity contribution in [1.29, 1.82) is 0 Å². The molecule has 1 heterocycles. The van der Waals surface area contributed by atoms with E-state index in [1.54, 1.807) is 7.11 Å². The molecule has 2 rings (SSSR count). The fourth-order valence-corrected chi connectivity index (χ4v) is 2.99. The van der Waals surface area contributed by atoms with Crippen LogP contribution in [-0.4, -0.2) is 38.2 Å². The van der Waals surface area contributed by atoms with Crippen molar-refractivity contribution in [2.24, 2.45) is 0 Å². The third kappa shape index (κ3) is 5.74. The van der Waals surface area contributed by atoms with Crippen molar-refractivity contribution in [3.05, 3.63) is 34.4 Å². The van der Waals surface area contributed by atoms with Gasteiger partial charge in [0.1, 0.15) is 16.1 Å². The first-order valence-electron chi connectivity index (χ1n) is 8.01. The van der Waals surface area contributed by atoms with Gasteiger partial charge < -0.3 is 19.5 Å². The molecule has 0 aliphatic rings. The molecule has 0 saturated heterocycles. The van der Waals surface area contributed by atoms with E-state index in [0.29, 0.717) is 22.5 Å². The molecule has 148 valence electrons. The molecule has 1 N–H and O–H groups in total. The Hall–Kier alpha value is -2.00. The summed E-state index contributed by atoms with van der Waals surface area (Å²) in [5.41, 5.74) is 2.76. The van der Waals surface area contributed by atoms with Gasteiger partial charge in [-0.25, -0.2) is 4.98 Å². The lowest BCUT2D eigenvalue weighted by Crippen LogP contribution is -2.21. The lowest BCUT2D eigenvalue weighted by atomic mass is 10.0. The maximum Gasteiger partial charge on any atom is 0.573 e. The van der Waals surface area contributed by atoms with Gasteiger partial charge in [-0.1, -0.05) is 0 Å². The molecule has 0 unspecified atom stereocenters. The highest BCUT2D eigenvalue weighted by atomic mass is 79.9. The highest BCUT2D eigenvalue weighted by Gasteiger charge is 2.31. The maximum absolute atomic E-state index is 12.4. The fraction of sp³-hybridized carbons (Fsp3) is 0.389. The molecule has 5 nitrogen and oxygen atoms in total. The molecule has 0 aliphatic heterocycles. The van der Waals surface area contributed by atoms with E-state index < -0.39 is 6.36 Å². The number of aryl methyl sites for hydroxylation is 1. The van der Waals surface area contributed by atoms with Gasteiger partial charge in [0.25, 0.3) is 0 Å². The lowest BCUT2D eigenvalue weighted by Gasteiger charge is -2.18. The van der Waals surface area contributed by atoms with Crippen molar-refractivity contribution >= 4 is 21.6 Å². The minimum atomic E-state index is -4.77. The zero-order valence-corrected chi connectivity index (χ0v) is 16.9. The Morgan fingerprint density at radius 3 is 2.52 bits per heavy atom. The van der Waals surface area contributed by atoms with E-state index in [9.17, 15) is 13.2 Å². The number of alkyl halides is 3. The predicted octanol–water partition coefficient (Wildman–Crippen LogP) is 5.17. The van der Waals surface area contributed by atoms with E-state index in [1.807, 2.05) is 19.9 Å². The van der Waals surface area contributed by atoms with Gasteiger partial charge in [-0.05, 0) is 53.5 Å². The fourth-order valence-electron chi connectivity index (χ4n) is 2.59. The van der Waals surface area contributed by atoms with Crippen LogP contribution in [0.25, 0.3) is 11.3 Å². The van der Waals surface area contributed by atoms with Crippen molar-refractivity contribution in [3.8, 4) is 22.8 Å². The molecule has 0 amide bonds. The first-order chi connectivity index (χ1) is 12.6. The summed E-state index contributed by atoms with van der Waals surface area (Å²) in [5, 5.41) is 3.28. The minimum absolute atomic E-state index is 0.0756. The first-order valence-corrected chi connectivity index (χ1v) is 8.80. The molecular weight excluding hydrogens is 429 g/mol. The number of methoxy groups -OCH3 is 2. The average molecular weight is 449 g/mol. The second-order valence-electron chi connectivity index (χ2n) is 5.90. The number of nitrogens with one attached hydrogen (secondary N) is 1. The number of hydrogen-bond acceptors (Lipinski definition) is 5. The van der Waals surface area contributed by atoms with Crippen LogP contribution < -0.4 is 14.8 Å². The van der Waals surface area contributed by atoms with Crippen LogP contribution in [0.2, 0.25) is 0 Å². The van der Waals surface area contributed by atoms with Crippen LogP contribution in [0.1, 0.15) is 12.5 Å². The van der Waals surface area contributed by atoms with E-state index in [0.717, 1.165) is 11.3 Å². The zero-order chi connectivity index (χ0) is 20.2. The van der Waals surface area contributed by atoms with E-state index in [2.05, 4.69) is 31.0 Å². The van der Waals surface area contributed by atoms with Crippen molar-refractivity contribution < 1.29 is 27.4 Å². The minimum Gasteiger partial charge on any atom is -0.496 e. The van der Waals surface area contributed by atoms with E-state index in [4.69, 9.17) is 9.47 Å². The van der Waals surface area contributed by atoms with Crippen LogP contribution in [0, 0.1) is 6.92 Å². The highest BCUT2D eigenvalue weighted by Crippen LogP contribution is 2.37. The average Bonchev–Trinajstić information content (AvgIpc) is 2.56. The van der Waals surface area contributed by atoms with Crippen LogP contribution in [0.5, 0.6) is 11.5 Å². The summed E-state index contributed by atoms with van der Waals surface area (Å²) in [6.45, 7) is 4.36. The predicted molar refractivity (Wildman–Crippen MR) is 100 cm³/mol. The van der Waals surface area contributed by atoms with Gasteiger partial charge in [-0.15, -0.1) is 13.2 Å². The van der Waals surface area contributed by atoms with Gasteiger partial charge in [0.15, 0.2) is 0 Å². The third-order valence-electron chi connectivity index (χ3n) is 3.65. The zero-order valence-electron chi connectivity index (χ0n) is 15.3. The summed E-state index contributed by atoms with van der Waals surface area (Å²) < 4.78 is 52.1. The van der Waals surface area contributed by atoms with Crippen LogP contribution >= 0.6 is 15.9 Å². The molecular formula is C18H20BrF3N2O3. The van der Waals surface area contributed by atoms with Gasteiger partial charge >= 0.3 is 6.36 Å². The molecule has 9 heteroatoms. The quantitative estimate of drug-likeness (QED) is 0.591. The van der Waals surface area contributed by atoms with E-state index >= 15 is 0 Å². The number of aromatic nitrogens is 1. The second kappa shape index (κ2) is 8.79. The number of halogens is 4. The smallest absolute Gasteiger partial charge is 0.496 e. The highest BCUT2D eigenvalue weighted by molar-refractivity contribution is 9.10. The molecule has 1 atom stereocenters. The molecule has 0 saturated carbocycles. The Kier molecular flexibility index (Phi) is 6.94. The number of benzene rings is 1. The van der Waals surface area contributed by atoms with Crippen LogP contribution in [0.15, 0.2) is 28.9 Å². The summed E-state index contributed by atoms with van der Waals surface area (Å²) in [5.74, 6) is -0.126. The van der Waals surface area contributed by atoms with Crippen molar-refractivity contribution in [2.75, 3.05) is 26.1 Å². The third-order valence-corrected chi connectivity index (χ3v) is 4.25. The van der Waals surface area contributed by atoms with E-state index in [-0.39, 0.29) is 17.5 Å². The Bertz CT molecular complexity index is 800. The van der Waals surface area contributed by atoms with E-state index in [1.165, 1.54) is 25.3 Å². The number of nitrogens with zero attached hydrogens (tertiary/aromatic N) is 1. The van der Waals surface area contributed by atoms with Crippen molar-refractivity contribution in [3.63, 3.8) is 0 Å². The maximum atomic E-state index is 12.4. The van der Waals surface area contributed by atoms with Crippen LogP contribution in [0.3, 0.4) is 0 Å². The summed E-state index contributed by atoms with van der Waals surface area (Å²) in [7, 11) is 3.00. The summed E-state index contributed by atoms with van der Waals surface area (Å²) in [6, 6.07) is 5.88. The Morgan fingerprint density at radius 2 is 1.93 bits per heavy atom. The van der Waals surface area contributed by atoms with Crippen molar-refractivity contribution in [1.82, 2.24) is 4.98 Å². The molecule has 0 aliphatic carbocycles. The van der Waals surface area contributed by atoms with Gasteiger partial charge in [0, 0.05) is 24.8 Å². The number of anilines is 1. The topological polar surface area (TPSA) is 52.6 Å². The molecule has 0 bridgehead atoms. The van der Waals surface area contributed by atoms with Crippen molar-refractivity contribution in [2.45, 2.75) is 26.3 Å². The molecule has 0 spiro atoms. The monoisotopic (exact) mass is 448 g/mol. The van der Waals surface area contributed by atoms with Crippen LogP contribution in [0.4, 0.5) is 18.9 Å². The summed E-state index contributed by atoms with van der Waals surface area (Å²) in [4.78, 5) is 4.54. The number of rotatable bonds is 7. The lowest BCUT2D eigenvalue weighted by molar-refractivity contribution is -0.274. The SMILES string of the molecule is COC[C@H](C)Nc1cc(C)c(-c2ccc(OC(F)(F)F)cc2OC)nc1Br. The van der Waals surface area contributed by atoms with Gasteiger partial charge in [0.2, 0.25) is 0 Å². The molecule has 27 heavy (non-hydrogen) atoms. The number of ether oxygens (including phenoxy) is 3. The van der Waals surface area contributed by atoms with Crippen LogP contribution in [-0.2, 0) is 4.74 Å². The molecule has 2 aromatic rings. The van der Waals surface area contributed by atoms with Gasteiger partial charge in [-0.2, -0.15) is 0 Å². The first kappa shape index (κ1) is 21.3. The normalized spacial score (nSPS) is 12.6. The molecule has 0 fully saturated rings. The molecule has 1 aromatic heterocycles. The second-order valence-corrected chi connectivity index (χ2v) is 6.65. The summed E-state index contributed by atoms with van der Waals surface area (Å²) in [6.07, 6.45) is -4.77. The Morgan fingerprint density at radius 1 is 1.22 bits per heavy atom. The van der Waals surface area contributed by atoms with Gasteiger partial charge in [-0.3, -0.25) is 0 Å². The molecule has 0 radical (unpaired) electrons. The number of hydrogen-bond donors (Lipinski definition) is 1. The number of pyridine rings is 1.